The monoisotopic (exact) mass is 312 g/mol. The molecule has 0 aromatic carbocycles. The zero-order valence-electron chi connectivity index (χ0n) is 13.2. The highest BCUT2D eigenvalue weighted by Gasteiger charge is 2.56. The van der Waals surface area contributed by atoms with Gasteiger partial charge in [-0.15, -0.1) is 0 Å². The fourth-order valence-corrected chi connectivity index (χ4v) is 4.01. The van der Waals surface area contributed by atoms with Crippen molar-refractivity contribution in [1.82, 2.24) is 0 Å². The van der Waals surface area contributed by atoms with Gasteiger partial charge in [0.05, 0.1) is 29.8 Å². The molecule has 0 amide bonds. The van der Waals surface area contributed by atoms with Crippen molar-refractivity contribution in [2.24, 2.45) is 11.8 Å². The van der Waals surface area contributed by atoms with E-state index in [4.69, 9.17) is 14.2 Å². The number of methoxy groups -OCH3 is 1. The molecule has 22 heavy (non-hydrogen) atoms. The van der Waals surface area contributed by atoms with Crippen molar-refractivity contribution >= 4 is 5.78 Å². The molecule has 0 spiro atoms. The minimum atomic E-state index is -0.930. The first-order chi connectivity index (χ1) is 10.3. The fourth-order valence-electron chi connectivity index (χ4n) is 4.01. The molecule has 6 heteroatoms. The lowest BCUT2D eigenvalue weighted by Gasteiger charge is -2.43. The van der Waals surface area contributed by atoms with Gasteiger partial charge in [0, 0.05) is 25.5 Å². The summed E-state index contributed by atoms with van der Waals surface area (Å²) in [6.45, 7) is 3.18. The number of aliphatic hydroxyl groups is 2. The van der Waals surface area contributed by atoms with Gasteiger partial charge in [0.15, 0.2) is 5.78 Å². The predicted octanol–water partition coefficient (Wildman–Crippen LogP) is 0.410. The second-order valence-electron chi connectivity index (χ2n) is 7.01. The Morgan fingerprint density at radius 1 is 1.36 bits per heavy atom. The number of aliphatic hydroxyl groups excluding tert-OH is 1. The van der Waals surface area contributed by atoms with Crippen LogP contribution >= 0.6 is 0 Å². The first kappa shape index (κ1) is 15.9. The molecule has 124 valence electrons. The normalized spacial score (nSPS) is 41.5. The molecule has 6 unspecified atom stereocenters. The van der Waals surface area contributed by atoms with E-state index in [2.05, 4.69) is 0 Å². The highest BCUT2D eigenvalue weighted by atomic mass is 16.5. The number of carbonyl (C=O) groups is 1. The van der Waals surface area contributed by atoms with Crippen molar-refractivity contribution in [2.45, 2.75) is 56.7 Å². The van der Waals surface area contributed by atoms with Crippen LogP contribution in [-0.4, -0.2) is 59.7 Å². The molecule has 0 aromatic rings. The molecule has 2 heterocycles. The van der Waals surface area contributed by atoms with E-state index in [9.17, 15) is 15.0 Å². The standard InChI is InChI=1S/C16H24O6/c1-16(2,19)13-5-9-11(22-13)6-12-14(15(9)20-3)10(18)4-8(7-17)21-12/h4,9,11-15,17,19H,5-7H2,1-3H3. The zero-order valence-corrected chi connectivity index (χ0v) is 13.2. The smallest absolute Gasteiger partial charge is 0.168 e. The molecule has 1 saturated carbocycles. The summed E-state index contributed by atoms with van der Waals surface area (Å²) in [6, 6.07) is 0. The number of hydrogen-bond donors (Lipinski definition) is 2. The number of ether oxygens (including phenoxy) is 3. The molecule has 6 nitrogen and oxygen atoms in total. The molecule has 3 rings (SSSR count). The number of ketones is 1. The molecule has 0 aromatic heterocycles. The second-order valence-corrected chi connectivity index (χ2v) is 7.01. The largest absolute Gasteiger partial charge is 0.491 e. The Morgan fingerprint density at radius 2 is 2.09 bits per heavy atom. The molecule has 2 fully saturated rings. The van der Waals surface area contributed by atoms with Gasteiger partial charge in [-0.25, -0.2) is 0 Å². The molecule has 0 radical (unpaired) electrons. The molecule has 2 aliphatic heterocycles. The van der Waals surface area contributed by atoms with Gasteiger partial charge in [-0.2, -0.15) is 0 Å². The number of allylic oxidation sites excluding steroid dienone is 1. The van der Waals surface area contributed by atoms with Gasteiger partial charge in [0.2, 0.25) is 0 Å². The molecule has 1 aliphatic carbocycles. The number of fused-ring (bicyclic) bond motifs is 2. The second kappa shape index (κ2) is 5.60. The van der Waals surface area contributed by atoms with Crippen molar-refractivity contribution in [3.63, 3.8) is 0 Å². The average Bonchev–Trinajstić information content (AvgIpc) is 2.88. The Morgan fingerprint density at radius 3 is 2.68 bits per heavy atom. The van der Waals surface area contributed by atoms with Crippen molar-refractivity contribution in [1.29, 1.82) is 0 Å². The van der Waals surface area contributed by atoms with Gasteiger partial charge in [-0.05, 0) is 20.3 Å². The van der Waals surface area contributed by atoms with Crippen LogP contribution in [0.15, 0.2) is 11.8 Å². The average molecular weight is 312 g/mol. The summed E-state index contributed by atoms with van der Waals surface area (Å²) in [5, 5.41) is 19.4. The minimum absolute atomic E-state index is 0.0580. The van der Waals surface area contributed by atoms with Crippen molar-refractivity contribution in [3.05, 3.63) is 11.8 Å². The summed E-state index contributed by atoms with van der Waals surface area (Å²) in [4.78, 5) is 12.4. The van der Waals surface area contributed by atoms with Gasteiger partial charge in [-0.3, -0.25) is 4.79 Å². The third-order valence-electron chi connectivity index (χ3n) is 5.09. The fraction of sp³-hybridized carbons (Fsp3) is 0.812. The SMILES string of the molecule is COC1C2CC(C(C)(C)O)OC2CC2OC(CO)=CC(=O)C21. The lowest BCUT2D eigenvalue weighted by molar-refractivity contribution is -0.158. The van der Waals surface area contributed by atoms with E-state index in [0.29, 0.717) is 18.6 Å². The van der Waals surface area contributed by atoms with Crippen LogP contribution in [-0.2, 0) is 19.0 Å². The van der Waals surface area contributed by atoms with Gasteiger partial charge in [0.25, 0.3) is 0 Å². The summed E-state index contributed by atoms with van der Waals surface area (Å²) >= 11 is 0. The van der Waals surface area contributed by atoms with E-state index in [1.54, 1.807) is 21.0 Å². The Kier molecular flexibility index (Phi) is 4.05. The molecule has 6 atom stereocenters. The lowest BCUT2D eigenvalue weighted by Crippen LogP contribution is -2.53. The Bertz CT molecular complexity index is 480. The molecule has 0 bridgehead atoms. The Hall–Kier alpha value is -0.950. The van der Waals surface area contributed by atoms with Crippen molar-refractivity contribution in [3.8, 4) is 0 Å². The van der Waals surface area contributed by atoms with E-state index >= 15 is 0 Å². The quantitative estimate of drug-likeness (QED) is 0.785. The maximum absolute atomic E-state index is 12.4. The minimum Gasteiger partial charge on any atom is -0.491 e. The van der Waals surface area contributed by atoms with Gasteiger partial charge < -0.3 is 24.4 Å². The summed E-state index contributed by atoms with van der Waals surface area (Å²) in [7, 11) is 1.60. The summed E-state index contributed by atoms with van der Waals surface area (Å²) in [5.74, 6) is -0.0566. The zero-order chi connectivity index (χ0) is 16.1. The topological polar surface area (TPSA) is 85.2 Å². The lowest BCUT2D eigenvalue weighted by atomic mass is 9.71. The van der Waals surface area contributed by atoms with Crippen molar-refractivity contribution < 1.29 is 29.2 Å². The Labute approximate surface area is 130 Å². The van der Waals surface area contributed by atoms with Crippen LogP contribution in [0.4, 0.5) is 0 Å². The van der Waals surface area contributed by atoms with Gasteiger partial charge >= 0.3 is 0 Å². The molecule has 2 N–H and O–H groups in total. The van der Waals surface area contributed by atoms with Crippen LogP contribution < -0.4 is 0 Å². The molecular formula is C16H24O6. The maximum Gasteiger partial charge on any atom is 0.168 e. The summed E-state index contributed by atoms with van der Waals surface area (Å²) < 4.78 is 17.4. The van der Waals surface area contributed by atoms with Crippen LogP contribution in [0, 0.1) is 11.8 Å². The maximum atomic E-state index is 12.4. The first-order valence-electron chi connectivity index (χ1n) is 7.77. The van der Waals surface area contributed by atoms with Gasteiger partial charge in [0.1, 0.15) is 18.5 Å². The Balaban J connectivity index is 1.85. The van der Waals surface area contributed by atoms with E-state index in [1.165, 1.54) is 6.08 Å². The highest BCUT2D eigenvalue weighted by Crippen LogP contribution is 2.46. The molecule has 3 aliphatic rings. The van der Waals surface area contributed by atoms with Crippen LogP contribution in [0.1, 0.15) is 26.7 Å². The van der Waals surface area contributed by atoms with E-state index in [0.717, 1.165) is 0 Å². The number of rotatable bonds is 3. The van der Waals surface area contributed by atoms with Crippen LogP contribution in [0.3, 0.4) is 0 Å². The van der Waals surface area contributed by atoms with E-state index in [-0.39, 0.29) is 48.6 Å². The van der Waals surface area contributed by atoms with Crippen LogP contribution in [0.2, 0.25) is 0 Å². The number of hydrogen-bond acceptors (Lipinski definition) is 6. The third kappa shape index (κ3) is 2.58. The summed E-state index contributed by atoms with van der Waals surface area (Å²) in [6.07, 6.45) is 1.60. The van der Waals surface area contributed by atoms with Crippen LogP contribution in [0.25, 0.3) is 0 Å². The highest BCUT2D eigenvalue weighted by molar-refractivity contribution is 5.94. The van der Waals surface area contributed by atoms with Crippen molar-refractivity contribution in [2.75, 3.05) is 13.7 Å². The molecule has 1 saturated heterocycles. The summed E-state index contributed by atoms with van der Waals surface area (Å²) in [5.41, 5.74) is -0.930. The third-order valence-corrected chi connectivity index (χ3v) is 5.09. The molecular weight excluding hydrogens is 288 g/mol. The van der Waals surface area contributed by atoms with E-state index in [1.807, 2.05) is 0 Å². The number of carbonyl (C=O) groups excluding carboxylic acids is 1. The first-order valence-corrected chi connectivity index (χ1v) is 7.77. The van der Waals surface area contributed by atoms with E-state index < -0.39 is 5.60 Å². The van der Waals surface area contributed by atoms with Crippen LogP contribution in [0.5, 0.6) is 0 Å². The predicted molar refractivity (Wildman–Crippen MR) is 77.0 cm³/mol. The van der Waals surface area contributed by atoms with Gasteiger partial charge in [-0.1, -0.05) is 0 Å².